The summed E-state index contributed by atoms with van der Waals surface area (Å²) in [5.74, 6) is 0.158. The normalized spacial score (nSPS) is 10.3. The van der Waals surface area contributed by atoms with Crippen LogP contribution in [0.2, 0.25) is 5.02 Å². The van der Waals surface area contributed by atoms with E-state index < -0.39 is 0 Å². The highest BCUT2D eigenvalue weighted by molar-refractivity contribution is 6.32. The first-order chi connectivity index (χ1) is 11.8. The van der Waals surface area contributed by atoms with Crippen LogP contribution >= 0.6 is 11.6 Å². The average Bonchev–Trinajstić information content (AvgIpc) is 2.57. The molecule has 5 nitrogen and oxygen atoms in total. The van der Waals surface area contributed by atoms with Gasteiger partial charge in [-0.1, -0.05) is 17.7 Å². The fourth-order valence-corrected chi connectivity index (χ4v) is 2.43. The molecule has 0 aliphatic heterocycles. The van der Waals surface area contributed by atoms with Crippen LogP contribution in [-0.4, -0.2) is 37.4 Å². The van der Waals surface area contributed by atoms with Gasteiger partial charge in [-0.15, -0.1) is 0 Å². The summed E-state index contributed by atoms with van der Waals surface area (Å²) >= 11 is 6.12. The number of nitrogens with zero attached hydrogens (tertiary/aromatic N) is 1. The number of carbonyl (C=O) groups excluding carboxylic acids is 2. The fraction of sp³-hybridized carbons (Fsp3) is 0.263. The third-order valence-corrected chi connectivity index (χ3v) is 4.18. The number of amides is 2. The van der Waals surface area contributed by atoms with Crippen LogP contribution in [0.15, 0.2) is 36.4 Å². The van der Waals surface area contributed by atoms with Gasteiger partial charge in [0, 0.05) is 30.4 Å². The van der Waals surface area contributed by atoms with Crippen LogP contribution in [0.5, 0.6) is 5.75 Å². The summed E-state index contributed by atoms with van der Waals surface area (Å²) in [6.07, 6.45) is 0. The van der Waals surface area contributed by atoms with Crippen LogP contribution in [0.3, 0.4) is 0 Å². The van der Waals surface area contributed by atoms with Crippen molar-refractivity contribution in [1.29, 1.82) is 0 Å². The number of ether oxygens (including phenoxy) is 1. The van der Waals surface area contributed by atoms with Crippen LogP contribution in [0.1, 0.15) is 21.5 Å². The molecule has 25 heavy (non-hydrogen) atoms. The van der Waals surface area contributed by atoms with Gasteiger partial charge in [-0.3, -0.25) is 9.59 Å². The van der Waals surface area contributed by atoms with Crippen molar-refractivity contribution in [2.24, 2.45) is 0 Å². The minimum Gasteiger partial charge on any atom is -0.484 e. The Balaban J connectivity index is 1.99. The molecule has 0 aromatic heterocycles. The van der Waals surface area contributed by atoms with Crippen LogP contribution in [-0.2, 0) is 4.79 Å². The lowest BCUT2D eigenvalue weighted by Crippen LogP contribution is -2.23. The lowest BCUT2D eigenvalue weighted by molar-refractivity contribution is -0.118. The zero-order chi connectivity index (χ0) is 18.6. The molecule has 0 saturated carbocycles. The number of halogens is 1. The summed E-state index contributed by atoms with van der Waals surface area (Å²) < 4.78 is 5.53. The van der Waals surface area contributed by atoms with Crippen molar-refractivity contribution in [2.75, 3.05) is 26.0 Å². The summed E-state index contributed by atoms with van der Waals surface area (Å²) in [5, 5.41) is 3.42. The fourth-order valence-electron chi connectivity index (χ4n) is 2.32. The molecule has 0 heterocycles. The Bertz CT molecular complexity index is 780. The second kappa shape index (κ2) is 8.03. The van der Waals surface area contributed by atoms with Gasteiger partial charge in [0.2, 0.25) is 0 Å². The molecule has 0 saturated heterocycles. The number of hydrogen-bond acceptors (Lipinski definition) is 3. The molecule has 2 amide bonds. The maximum Gasteiger partial charge on any atom is 0.262 e. The van der Waals surface area contributed by atoms with E-state index in [-0.39, 0.29) is 18.4 Å². The molecule has 2 aromatic carbocycles. The van der Waals surface area contributed by atoms with Crippen molar-refractivity contribution < 1.29 is 14.3 Å². The second-order valence-corrected chi connectivity index (χ2v) is 6.37. The highest BCUT2D eigenvalue weighted by Gasteiger charge is 2.10. The summed E-state index contributed by atoms with van der Waals surface area (Å²) in [6, 6.07) is 10.4. The van der Waals surface area contributed by atoms with Gasteiger partial charge in [0.15, 0.2) is 6.61 Å². The Morgan fingerprint density at radius 1 is 1.12 bits per heavy atom. The van der Waals surface area contributed by atoms with E-state index in [2.05, 4.69) is 5.32 Å². The molecule has 0 unspecified atom stereocenters. The van der Waals surface area contributed by atoms with E-state index in [0.29, 0.717) is 22.0 Å². The monoisotopic (exact) mass is 360 g/mol. The molecule has 0 spiro atoms. The largest absolute Gasteiger partial charge is 0.484 e. The second-order valence-electron chi connectivity index (χ2n) is 5.99. The van der Waals surface area contributed by atoms with E-state index in [4.69, 9.17) is 16.3 Å². The van der Waals surface area contributed by atoms with Crippen LogP contribution < -0.4 is 10.1 Å². The molecule has 6 heteroatoms. The molecular weight excluding hydrogens is 340 g/mol. The smallest absolute Gasteiger partial charge is 0.262 e. The van der Waals surface area contributed by atoms with Crippen molar-refractivity contribution in [3.63, 3.8) is 0 Å². The van der Waals surface area contributed by atoms with Crippen LogP contribution in [0.4, 0.5) is 5.69 Å². The Morgan fingerprint density at radius 2 is 1.76 bits per heavy atom. The highest BCUT2D eigenvalue weighted by Crippen LogP contribution is 2.25. The first kappa shape index (κ1) is 18.8. The number of aryl methyl sites for hydroxylation is 2. The zero-order valence-corrected chi connectivity index (χ0v) is 15.5. The Hall–Kier alpha value is -2.53. The number of rotatable bonds is 5. The molecule has 2 rings (SSSR count). The summed E-state index contributed by atoms with van der Waals surface area (Å²) in [7, 11) is 3.36. The third-order valence-electron chi connectivity index (χ3n) is 3.58. The Morgan fingerprint density at radius 3 is 2.36 bits per heavy atom. The minimum absolute atomic E-state index is 0.125. The van der Waals surface area contributed by atoms with Gasteiger partial charge >= 0.3 is 0 Å². The molecule has 0 radical (unpaired) electrons. The van der Waals surface area contributed by atoms with E-state index in [9.17, 15) is 9.59 Å². The number of hydrogen-bond donors (Lipinski definition) is 1. The van der Waals surface area contributed by atoms with Gasteiger partial charge in [0.25, 0.3) is 11.8 Å². The summed E-state index contributed by atoms with van der Waals surface area (Å²) in [6.45, 7) is 3.64. The van der Waals surface area contributed by atoms with Crippen molar-refractivity contribution in [1.82, 2.24) is 4.90 Å². The van der Waals surface area contributed by atoms with Crippen molar-refractivity contribution in [3.8, 4) is 5.75 Å². The lowest BCUT2D eigenvalue weighted by atomic mass is 10.1. The SMILES string of the molecule is Cc1cc(OCC(=O)Nc2cccc(C(=O)N(C)C)c2)cc(C)c1Cl. The lowest BCUT2D eigenvalue weighted by Gasteiger charge is -2.12. The summed E-state index contributed by atoms with van der Waals surface area (Å²) in [5.41, 5.74) is 2.84. The minimum atomic E-state index is -0.306. The summed E-state index contributed by atoms with van der Waals surface area (Å²) in [4.78, 5) is 25.5. The number of nitrogens with one attached hydrogen (secondary N) is 1. The maximum atomic E-state index is 12.1. The van der Waals surface area contributed by atoms with E-state index in [1.54, 1.807) is 50.5 Å². The third kappa shape index (κ3) is 4.97. The molecule has 0 aliphatic rings. The number of anilines is 1. The molecule has 132 valence electrons. The van der Waals surface area contributed by atoms with Gasteiger partial charge in [0.05, 0.1) is 0 Å². The molecule has 1 N–H and O–H groups in total. The van der Waals surface area contributed by atoms with Crippen molar-refractivity contribution in [2.45, 2.75) is 13.8 Å². The molecular formula is C19H21ClN2O3. The van der Waals surface area contributed by atoms with Gasteiger partial charge in [-0.25, -0.2) is 0 Å². The van der Waals surface area contributed by atoms with Gasteiger partial charge in [-0.05, 0) is 55.3 Å². The molecule has 2 aromatic rings. The van der Waals surface area contributed by atoms with Gasteiger partial charge in [0.1, 0.15) is 5.75 Å². The van der Waals surface area contributed by atoms with E-state index in [1.807, 2.05) is 13.8 Å². The molecule has 0 bridgehead atoms. The van der Waals surface area contributed by atoms with Crippen molar-refractivity contribution >= 4 is 29.1 Å². The van der Waals surface area contributed by atoms with Gasteiger partial charge in [-0.2, -0.15) is 0 Å². The molecule has 0 atom stereocenters. The first-order valence-corrected chi connectivity index (χ1v) is 8.17. The Kier molecular flexibility index (Phi) is 6.04. The standard InChI is InChI=1S/C19H21ClN2O3/c1-12-8-16(9-13(2)18(12)20)25-11-17(23)21-15-7-5-6-14(10-15)19(24)22(3)4/h5-10H,11H2,1-4H3,(H,21,23). The van der Waals surface area contributed by atoms with E-state index in [0.717, 1.165) is 11.1 Å². The predicted molar refractivity (Wildman–Crippen MR) is 99.5 cm³/mol. The zero-order valence-electron chi connectivity index (χ0n) is 14.7. The first-order valence-electron chi connectivity index (χ1n) is 7.79. The van der Waals surface area contributed by atoms with E-state index >= 15 is 0 Å². The Labute approximate surface area is 152 Å². The van der Waals surface area contributed by atoms with Gasteiger partial charge < -0.3 is 15.0 Å². The maximum absolute atomic E-state index is 12.1. The average molecular weight is 361 g/mol. The number of carbonyl (C=O) groups is 2. The van der Waals surface area contributed by atoms with Crippen LogP contribution in [0.25, 0.3) is 0 Å². The topological polar surface area (TPSA) is 58.6 Å². The van der Waals surface area contributed by atoms with Crippen molar-refractivity contribution in [3.05, 3.63) is 58.1 Å². The quantitative estimate of drug-likeness (QED) is 0.884. The molecule has 0 aliphatic carbocycles. The highest BCUT2D eigenvalue weighted by atomic mass is 35.5. The van der Waals surface area contributed by atoms with Crippen LogP contribution in [0, 0.1) is 13.8 Å². The van der Waals surface area contributed by atoms with E-state index in [1.165, 1.54) is 4.90 Å². The number of benzene rings is 2. The molecule has 0 fully saturated rings. The predicted octanol–water partition coefficient (Wildman–Crippen LogP) is 3.68.